The highest BCUT2D eigenvalue weighted by Gasteiger charge is 2.13. The third kappa shape index (κ3) is 16.8. The Labute approximate surface area is 50.5 Å². The van der Waals surface area contributed by atoms with Crippen LogP contribution < -0.4 is 0 Å². The quantitative estimate of drug-likeness (QED) is 0.477. The van der Waals surface area contributed by atoms with Gasteiger partial charge in [-0.25, -0.2) is 0 Å². The number of aliphatic hydroxyl groups excluding tert-OH is 1. The summed E-state index contributed by atoms with van der Waals surface area (Å²) in [4.78, 5) is 0. The summed E-state index contributed by atoms with van der Waals surface area (Å²) in [6.45, 7) is 6.49. The molecule has 50 valence electrons. The van der Waals surface area contributed by atoms with Gasteiger partial charge in [-0.1, -0.05) is 0 Å². The van der Waals surface area contributed by atoms with E-state index in [1.165, 1.54) is 0 Å². The minimum Gasteiger partial charge on any atom is -0.394 e. The van der Waals surface area contributed by atoms with Crippen molar-refractivity contribution in [2.75, 3.05) is 6.61 Å². The van der Waals surface area contributed by atoms with E-state index in [4.69, 9.17) is 9.84 Å². The van der Waals surface area contributed by atoms with Crippen LogP contribution in [0.1, 0.15) is 20.8 Å². The molecule has 1 unspecified atom stereocenters. The first-order valence-electron chi connectivity index (χ1n) is 2.92. The molecule has 0 aromatic rings. The maximum Gasteiger partial charge on any atom is 0.0781 e. The van der Waals surface area contributed by atoms with Crippen molar-refractivity contribution in [1.29, 1.82) is 0 Å². The Kier molecular flexibility index (Phi) is 3.83. The first-order chi connectivity index (χ1) is 3.63. The first kappa shape index (κ1) is 7.92. The molecule has 0 saturated carbocycles. The molecule has 0 radical (unpaired) electrons. The largest absolute Gasteiger partial charge is 0.394 e. The molecule has 2 nitrogen and oxygen atoms in total. The Balaban J connectivity index is 0.000000122. The second kappa shape index (κ2) is 3.87. The lowest BCUT2D eigenvalue weighted by molar-refractivity contribution is 0.216. The second-order valence-electron chi connectivity index (χ2n) is 2.24. The Bertz CT molecular complexity index is 45.7. The zero-order chi connectivity index (χ0) is 6.57. The lowest BCUT2D eigenvalue weighted by Crippen LogP contribution is -1.85. The molecule has 0 aromatic carbocycles. The SMILES string of the molecule is CC(C)O.CC1CO1. The summed E-state index contributed by atoms with van der Waals surface area (Å²) in [6.07, 6.45) is 0.417. The Hall–Kier alpha value is -0.0800. The fourth-order valence-corrected chi connectivity index (χ4v) is 0.0962. The predicted molar refractivity (Wildman–Crippen MR) is 32.8 cm³/mol. The smallest absolute Gasteiger partial charge is 0.0781 e. The van der Waals surface area contributed by atoms with E-state index in [1.807, 2.05) is 0 Å². The summed E-state index contributed by atoms with van der Waals surface area (Å²) >= 11 is 0. The highest BCUT2D eigenvalue weighted by molar-refractivity contribution is 4.58. The molecule has 1 aliphatic heterocycles. The summed E-state index contributed by atoms with van der Waals surface area (Å²) in [5.41, 5.74) is 0. The average molecular weight is 118 g/mol. The zero-order valence-corrected chi connectivity index (χ0v) is 5.72. The van der Waals surface area contributed by atoms with Gasteiger partial charge in [-0.3, -0.25) is 0 Å². The molecule has 1 aliphatic rings. The van der Waals surface area contributed by atoms with Crippen LogP contribution in [0, 0.1) is 0 Å². The molecule has 1 saturated heterocycles. The van der Waals surface area contributed by atoms with Gasteiger partial charge in [0.15, 0.2) is 0 Å². The number of epoxide rings is 1. The van der Waals surface area contributed by atoms with E-state index >= 15 is 0 Å². The van der Waals surface area contributed by atoms with Crippen molar-refractivity contribution in [3.05, 3.63) is 0 Å². The van der Waals surface area contributed by atoms with Crippen LogP contribution in [0.2, 0.25) is 0 Å². The molecule has 0 bridgehead atoms. The van der Waals surface area contributed by atoms with Gasteiger partial charge in [0.1, 0.15) is 0 Å². The van der Waals surface area contributed by atoms with Gasteiger partial charge < -0.3 is 9.84 Å². The fraction of sp³-hybridized carbons (Fsp3) is 1.00. The molecular formula is C6H14O2. The van der Waals surface area contributed by atoms with E-state index in [1.54, 1.807) is 13.8 Å². The van der Waals surface area contributed by atoms with Gasteiger partial charge in [-0.2, -0.15) is 0 Å². The molecule has 8 heavy (non-hydrogen) atoms. The van der Waals surface area contributed by atoms with Crippen molar-refractivity contribution in [1.82, 2.24) is 0 Å². The van der Waals surface area contributed by atoms with E-state index in [9.17, 15) is 0 Å². The summed E-state index contributed by atoms with van der Waals surface area (Å²) in [7, 11) is 0. The minimum atomic E-state index is -0.167. The molecule has 0 spiro atoms. The van der Waals surface area contributed by atoms with E-state index in [-0.39, 0.29) is 6.10 Å². The van der Waals surface area contributed by atoms with Gasteiger partial charge >= 0.3 is 0 Å². The van der Waals surface area contributed by atoms with Gasteiger partial charge in [0.25, 0.3) is 0 Å². The lowest BCUT2D eigenvalue weighted by Gasteiger charge is -1.80. The van der Waals surface area contributed by atoms with E-state index in [2.05, 4.69) is 6.92 Å². The monoisotopic (exact) mass is 118 g/mol. The van der Waals surface area contributed by atoms with Crippen molar-refractivity contribution in [2.24, 2.45) is 0 Å². The molecular weight excluding hydrogens is 104 g/mol. The van der Waals surface area contributed by atoms with Gasteiger partial charge in [0.05, 0.1) is 12.7 Å². The van der Waals surface area contributed by atoms with E-state index in [0.29, 0.717) is 6.10 Å². The van der Waals surface area contributed by atoms with Gasteiger partial charge in [-0.05, 0) is 20.8 Å². The Morgan fingerprint density at radius 1 is 1.62 bits per heavy atom. The van der Waals surface area contributed by atoms with E-state index in [0.717, 1.165) is 6.61 Å². The van der Waals surface area contributed by atoms with Crippen LogP contribution in [0.15, 0.2) is 0 Å². The molecule has 1 N–H and O–H groups in total. The highest BCUT2D eigenvalue weighted by Crippen LogP contribution is 2.04. The third-order valence-electron chi connectivity index (χ3n) is 0.500. The Morgan fingerprint density at radius 2 is 1.75 bits per heavy atom. The minimum absolute atomic E-state index is 0.167. The lowest BCUT2D eigenvalue weighted by atomic mass is 10.5. The van der Waals surface area contributed by atoms with Crippen molar-refractivity contribution in [2.45, 2.75) is 33.0 Å². The van der Waals surface area contributed by atoms with Gasteiger partial charge in [-0.15, -0.1) is 0 Å². The van der Waals surface area contributed by atoms with Crippen molar-refractivity contribution < 1.29 is 9.84 Å². The third-order valence-corrected chi connectivity index (χ3v) is 0.500. The fourth-order valence-electron chi connectivity index (χ4n) is 0.0962. The normalized spacial score (nSPS) is 24.4. The van der Waals surface area contributed by atoms with Crippen LogP contribution in [0.3, 0.4) is 0 Å². The maximum atomic E-state index is 8.06. The van der Waals surface area contributed by atoms with Gasteiger partial charge in [0.2, 0.25) is 0 Å². The number of aliphatic hydroxyl groups is 1. The number of hydrogen-bond donors (Lipinski definition) is 1. The van der Waals surface area contributed by atoms with Crippen molar-refractivity contribution >= 4 is 0 Å². The Morgan fingerprint density at radius 3 is 1.75 bits per heavy atom. The molecule has 2 heteroatoms. The summed E-state index contributed by atoms with van der Waals surface area (Å²) in [5, 5.41) is 8.06. The maximum absolute atomic E-state index is 8.06. The number of rotatable bonds is 0. The standard InChI is InChI=1S/C3H6O.C3H8O/c1-3-2-4-3;1-3(2)4/h3H,2H2,1H3;3-4H,1-2H3. The highest BCUT2D eigenvalue weighted by atomic mass is 16.6. The second-order valence-corrected chi connectivity index (χ2v) is 2.24. The summed E-state index contributed by atoms with van der Waals surface area (Å²) < 4.78 is 4.71. The molecule has 1 fully saturated rings. The van der Waals surface area contributed by atoms with Crippen molar-refractivity contribution in [3.63, 3.8) is 0 Å². The predicted octanol–water partition coefficient (Wildman–Crippen LogP) is 0.792. The molecule has 0 amide bonds. The average Bonchev–Trinajstić information content (AvgIpc) is 2.19. The van der Waals surface area contributed by atoms with Crippen molar-refractivity contribution in [3.8, 4) is 0 Å². The molecule has 0 aliphatic carbocycles. The molecule has 0 aromatic heterocycles. The first-order valence-corrected chi connectivity index (χ1v) is 2.92. The zero-order valence-electron chi connectivity index (χ0n) is 5.72. The van der Waals surface area contributed by atoms with Crippen LogP contribution in [0.5, 0.6) is 0 Å². The molecule has 1 atom stereocenters. The van der Waals surface area contributed by atoms with Gasteiger partial charge in [0, 0.05) is 6.10 Å². The summed E-state index contributed by atoms with van der Waals surface area (Å²) in [5.74, 6) is 0. The van der Waals surface area contributed by atoms with Crippen LogP contribution in [-0.4, -0.2) is 23.9 Å². The topological polar surface area (TPSA) is 32.8 Å². The van der Waals surface area contributed by atoms with Crippen LogP contribution in [-0.2, 0) is 4.74 Å². The number of hydrogen-bond acceptors (Lipinski definition) is 2. The van der Waals surface area contributed by atoms with Crippen LogP contribution >= 0.6 is 0 Å². The molecule has 1 rings (SSSR count). The molecule has 1 heterocycles. The van der Waals surface area contributed by atoms with E-state index < -0.39 is 0 Å². The summed E-state index contributed by atoms with van der Waals surface area (Å²) in [6, 6.07) is 0. The van der Waals surface area contributed by atoms with Crippen LogP contribution in [0.4, 0.5) is 0 Å². The van der Waals surface area contributed by atoms with Crippen LogP contribution in [0.25, 0.3) is 0 Å². The number of ether oxygens (including phenoxy) is 1.